The highest BCUT2D eigenvalue weighted by Crippen LogP contribution is 2.54. The number of aliphatic hydroxyl groups is 1. The summed E-state index contributed by atoms with van der Waals surface area (Å²) >= 11 is 0. The molecular weight excluding hydrogens is 366 g/mol. The molecule has 1 aromatic rings. The maximum absolute atomic E-state index is 13.5. The van der Waals surface area contributed by atoms with Gasteiger partial charge in [0.15, 0.2) is 0 Å². The Morgan fingerprint density at radius 1 is 1.14 bits per heavy atom. The van der Waals surface area contributed by atoms with Gasteiger partial charge in [-0.2, -0.15) is 0 Å². The number of urea groups is 1. The number of hydrogen-bond acceptors (Lipinski definition) is 3. The van der Waals surface area contributed by atoms with Crippen LogP contribution >= 0.6 is 0 Å². The first-order valence-corrected chi connectivity index (χ1v) is 11.0. The van der Waals surface area contributed by atoms with Gasteiger partial charge in [-0.25, -0.2) is 4.79 Å². The quantitative estimate of drug-likeness (QED) is 0.818. The molecule has 4 rings (SSSR count). The van der Waals surface area contributed by atoms with Crippen LogP contribution in [0.3, 0.4) is 0 Å². The van der Waals surface area contributed by atoms with Crippen molar-refractivity contribution >= 4 is 11.9 Å². The van der Waals surface area contributed by atoms with Gasteiger partial charge in [-0.15, -0.1) is 0 Å². The first-order chi connectivity index (χ1) is 14.0. The molecule has 3 fully saturated rings. The second kappa shape index (κ2) is 7.98. The summed E-state index contributed by atoms with van der Waals surface area (Å²) in [6.07, 6.45) is 5.29. The lowest BCUT2D eigenvalue weighted by Crippen LogP contribution is -2.86. The van der Waals surface area contributed by atoms with E-state index in [0.29, 0.717) is 13.1 Å². The Balaban J connectivity index is 1.59. The summed E-state index contributed by atoms with van der Waals surface area (Å²) in [5.74, 6) is 0.300. The topological polar surface area (TPSA) is 72.9 Å². The van der Waals surface area contributed by atoms with Crippen LogP contribution in [0.15, 0.2) is 30.3 Å². The zero-order valence-corrected chi connectivity index (χ0v) is 17.5. The third kappa shape index (κ3) is 3.41. The number of amides is 3. The van der Waals surface area contributed by atoms with Gasteiger partial charge in [0, 0.05) is 31.0 Å². The van der Waals surface area contributed by atoms with Crippen LogP contribution in [0, 0.1) is 5.92 Å². The van der Waals surface area contributed by atoms with E-state index in [1.807, 2.05) is 36.9 Å². The molecule has 1 saturated carbocycles. The number of benzene rings is 1. The van der Waals surface area contributed by atoms with Gasteiger partial charge < -0.3 is 20.2 Å². The first kappa shape index (κ1) is 20.2. The lowest BCUT2D eigenvalue weighted by molar-refractivity contribution is -0.197. The van der Waals surface area contributed by atoms with Crippen LogP contribution in [-0.2, 0) is 4.79 Å². The smallest absolute Gasteiger partial charge is 0.317 e. The number of carbonyl (C=O) groups excluding carboxylic acids is 2. The molecule has 3 amide bonds. The highest BCUT2D eigenvalue weighted by atomic mass is 16.3. The van der Waals surface area contributed by atoms with Crippen LogP contribution < -0.4 is 5.32 Å². The zero-order valence-electron chi connectivity index (χ0n) is 17.5. The predicted molar refractivity (Wildman–Crippen MR) is 111 cm³/mol. The second-order valence-corrected chi connectivity index (χ2v) is 9.25. The van der Waals surface area contributed by atoms with Crippen LogP contribution in [0.5, 0.6) is 0 Å². The van der Waals surface area contributed by atoms with E-state index in [0.717, 1.165) is 31.2 Å². The first-order valence-electron chi connectivity index (χ1n) is 11.0. The molecule has 0 aromatic heterocycles. The molecule has 2 saturated heterocycles. The molecule has 6 heteroatoms. The standard InChI is InChI=1S/C23H33N3O3/c1-16(2)24-22(29)25-14-23(15-25)20(17-9-5-3-6-10-17)19(13-27)26(23)21(28)18-11-7-4-8-12-18/h3,5-6,9-10,16,18-20,27H,4,7-8,11-15H2,1-2H3,(H,24,29)/t19-,20-/m0/s1. The number of hydrogen-bond donors (Lipinski definition) is 2. The maximum Gasteiger partial charge on any atom is 0.317 e. The molecular formula is C23H33N3O3. The lowest BCUT2D eigenvalue weighted by atomic mass is 9.60. The van der Waals surface area contributed by atoms with Crippen LogP contribution in [0.2, 0.25) is 0 Å². The summed E-state index contributed by atoms with van der Waals surface area (Å²) < 4.78 is 0. The fourth-order valence-electron chi connectivity index (χ4n) is 5.66. The lowest BCUT2D eigenvalue weighted by Gasteiger charge is -2.70. The average Bonchev–Trinajstić information content (AvgIpc) is 2.67. The van der Waals surface area contributed by atoms with Gasteiger partial charge in [0.25, 0.3) is 0 Å². The third-order valence-corrected chi connectivity index (χ3v) is 6.94. The normalized spacial score (nSPS) is 26.2. The molecule has 6 nitrogen and oxygen atoms in total. The van der Waals surface area contributed by atoms with E-state index in [4.69, 9.17) is 0 Å². The van der Waals surface area contributed by atoms with Crippen molar-refractivity contribution in [3.05, 3.63) is 35.9 Å². The van der Waals surface area contributed by atoms with E-state index in [1.54, 1.807) is 4.90 Å². The zero-order chi connectivity index (χ0) is 20.6. The molecule has 2 heterocycles. The Morgan fingerprint density at radius 3 is 2.38 bits per heavy atom. The molecule has 0 unspecified atom stereocenters. The van der Waals surface area contributed by atoms with Crippen molar-refractivity contribution < 1.29 is 14.7 Å². The number of rotatable bonds is 4. The Bertz CT molecular complexity index is 739. The molecule has 2 N–H and O–H groups in total. The Labute approximate surface area is 173 Å². The summed E-state index contributed by atoms with van der Waals surface area (Å²) in [4.78, 5) is 29.7. The van der Waals surface area contributed by atoms with Crippen molar-refractivity contribution in [1.82, 2.24) is 15.1 Å². The number of likely N-dealkylation sites (tertiary alicyclic amines) is 2. The maximum atomic E-state index is 13.5. The molecule has 1 aliphatic carbocycles. The van der Waals surface area contributed by atoms with Crippen LogP contribution in [0.1, 0.15) is 57.4 Å². The van der Waals surface area contributed by atoms with E-state index in [-0.39, 0.29) is 42.5 Å². The Hall–Kier alpha value is -2.08. The molecule has 3 aliphatic rings. The van der Waals surface area contributed by atoms with Crippen LogP contribution in [-0.4, -0.2) is 64.2 Å². The van der Waals surface area contributed by atoms with E-state index in [1.165, 1.54) is 6.42 Å². The van der Waals surface area contributed by atoms with E-state index in [9.17, 15) is 14.7 Å². The van der Waals surface area contributed by atoms with Gasteiger partial charge in [0.2, 0.25) is 5.91 Å². The number of nitrogens with zero attached hydrogens (tertiary/aromatic N) is 2. The SMILES string of the molecule is CC(C)NC(=O)N1CC2(C1)[C@@H](c1ccccc1)[C@H](CO)N2C(=O)C1CCCCC1. The number of aliphatic hydroxyl groups excluding tert-OH is 1. The minimum Gasteiger partial charge on any atom is -0.394 e. The molecule has 1 spiro atoms. The fourth-order valence-corrected chi connectivity index (χ4v) is 5.66. The predicted octanol–water partition coefficient (Wildman–Crippen LogP) is 2.73. The molecule has 2 aliphatic heterocycles. The summed E-state index contributed by atoms with van der Waals surface area (Å²) in [5, 5.41) is 13.1. The van der Waals surface area contributed by atoms with Crippen molar-refractivity contribution in [2.75, 3.05) is 19.7 Å². The Kier molecular flexibility index (Phi) is 5.56. The third-order valence-electron chi connectivity index (χ3n) is 6.94. The molecule has 158 valence electrons. The average molecular weight is 400 g/mol. The number of nitrogens with one attached hydrogen (secondary N) is 1. The molecule has 29 heavy (non-hydrogen) atoms. The second-order valence-electron chi connectivity index (χ2n) is 9.25. The Morgan fingerprint density at radius 2 is 1.79 bits per heavy atom. The monoisotopic (exact) mass is 399 g/mol. The minimum atomic E-state index is -0.391. The summed E-state index contributed by atoms with van der Waals surface area (Å²) in [7, 11) is 0. The summed E-state index contributed by atoms with van der Waals surface area (Å²) in [5.41, 5.74) is 0.751. The molecule has 0 radical (unpaired) electrons. The fraction of sp³-hybridized carbons (Fsp3) is 0.652. The summed E-state index contributed by atoms with van der Waals surface area (Å²) in [6.45, 7) is 4.91. The molecule has 1 aromatic carbocycles. The van der Waals surface area contributed by atoms with Gasteiger partial charge in [-0.1, -0.05) is 49.6 Å². The largest absolute Gasteiger partial charge is 0.394 e. The van der Waals surface area contributed by atoms with Gasteiger partial charge in [-0.05, 0) is 32.3 Å². The number of carbonyl (C=O) groups is 2. The molecule has 0 bridgehead atoms. The van der Waals surface area contributed by atoms with Crippen LogP contribution in [0.4, 0.5) is 4.79 Å². The van der Waals surface area contributed by atoms with Crippen molar-refractivity contribution in [1.29, 1.82) is 0 Å². The summed E-state index contributed by atoms with van der Waals surface area (Å²) in [6, 6.07) is 9.95. The van der Waals surface area contributed by atoms with Gasteiger partial charge in [0.05, 0.1) is 18.2 Å². The van der Waals surface area contributed by atoms with Crippen molar-refractivity contribution in [2.24, 2.45) is 5.92 Å². The van der Waals surface area contributed by atoms with Gasteiger partial charge >= 0.3 is 6.03 Å². The van der Waals surface area contributed by atoms with E-state index in [2.05, 4.69) is 17.4 Å². The van der Waals surface area contributed by atoms with Crippen molar-refractivity contribution in [3.8, 4) is 0 Å². The van der Waals surface area contributed by atoms with Gasteiger partial charge in [-0.3, -0.25) is 4.79 Å². The van der Waals surface area contributed by atoms with Crippen LogP contribution in [0.25, 0.3) is 0 Å². The highest BCUT2D eigenvalue weighted by Gasteiger charge is 2.68. The van der Waals surface area contributed by atoms with E-state index < -0.39 is 5.54 Å². The van der Waals surface area contributed by atoms with E-state index >= 15 is 0 Å². The molecule has 2 atom stereocenters. The van der Waals surface area contributed by atoms with Crippen molar-refractivity contribution in [2.45, 2.75) is 69.5 Å². The highest BCUT2D eigenvalue weighted by molar-refractivity contribution is 5.84. The minimum absolute atomic E-state index is 0.0437. The van der Waals surface area contributed by atoms with Gasteiger partial charge in [0.1, 0.15) is 0 Å². The van der Waals surface area contributed by atoms with Crippen molar-refractivity contribution in [3.63, 3.8) is 0 Å².